The monoisotopic (exact) mass is 271 g/mol. The maximum Gasteiger partial charge on any atom is 0.352 e. The molecule has 0 saturated heterocycles. The summed E-state index contributed by atoms with van der Waals surface area (Å²) >= 11 is 5.69. The van der Waals surface area contributed by atoms with Crippen molar-refractivity contribution < 1.29 is 18.7 Å². The largest absolute Gasteiger partial charge is 0.477 e. The van der Waals surface area contributed by atoms with Gasteiger partial charge in [0.15, 0.2) is 0 Å². The second kappa shape index (κ2) is 4.78. The summed E-state index contributed by atoms with van der Waals surface area (Å²) in [6, 6.07) is 4.27. The fourth-order valence-corrected chi connectivity index (χ4v) is 1.85. The number of carboxylic acids is 1. The Bertz CT molecular complexity index is 610. The highest BCUT2D eigenvalue weighted by atomic mass is 35.5. The molecule has 0 atom stereocenters. The molecule has 0 radical (unpaired) electrons. The van der Waals surface area contributed by atoms with Crippen molar-refractivity contribution in [3.8, 4) is 0 Å². The Morgan fingerprint density at radius 3 is 2.72 bits per heavy atom. The minimum Gasteiger partial charge on any atom is -0.477 e. The zero-order valence-corrected chi connectivity index (χ0v) is 9.79. The van der Waals surface area contributed by atoms with Crippen LogP contribution in [0.25, 0.3) is 0 Å². The van der Waals surface area contributed by atoms with E-state index in [0.717, 1.165) is 18.2 Å². The van der Waals surface area contributed by atoms with Gasteiger partial charge in [-0.1, -0.05) is 11.6 Å². The fraction of sp³-hybridized carbons (Fsp3) is 0.0833. The molecule has 2 aromatic rings. The number of hydrogen-bond acceptors (Lipinski definition) is 1. The third kappa shape index (κ3) is 2.51. The van der Waals surface area contributed by atoms with Crippen molar-refractivity contribution in [3.05, 3.63) is 58.4 Å². The van der Waals surface area contributed by atoms with Crippen LogP contribution in [0.5, 0.6) is 0 Å². The van der Waals surface area contributed by atoms with Gasteiger partial charge in [0.1, 0.15) is 17.3 Å². The van der Waals surface area contributed by atoms with Gasteiger partial charge in [0, 0.05) is 11.8 Å². The lowest BCUT2D eigenvalue weighted by Gasteiger charge is -2.07. The Morgan fingerprint density at radius 1 is 1.33 bits per heavy atom. The number of aromatic nitrogens is 1. The first kappa shape index (κ1) is 12.6. The smallest absolute Gasteiger partial charge is 0.352 e. The van der Waals surface area contributed by atoms with Crippen molar-refractivity contribution in [3.63, 3.8) is 0 Å². The van der Waals surface area contributed by atoms with Gasteiger partial charge >= 0.3 is 5.97 Å². The molecule has 1 aromatic heterocycles. The molecule has 0 spiro atoms. The molecule has 1 N–H and O–H groups in total. The molecule has 0 unspecified atom stereocenters. The summed E-state index contributed by atoms with van der Waals surface area (Å²) in [6.45, 7) is -0.0993. The number of nitrogens with zero attached hydrogens (tertiary/aromatic N) is 1. The zero-order valence-electron chi connectivity index (χ0n) is 9.03. The van der Waals surface area contributed by atoms with E-state index >= 15 is 0 Å². The molecule has 18 heavy (non-hydrogen) atoms. The Morgan fingerprint density at radius 2 is 2.06 bits per heavy atom. The summed E-state index contributed by atoms with van der Waals surface area (Å²) in [5.41, 5.74) is -0.0200. The molecule has 1 heterocycles. The quantitative estimate of drug-likeness (QED) is 0.932. The van der Waals surface area contributed by atoms with Crippen molar-refractivity contribution in [2.24, 2.45) is 0 Å². The highest BCUT2D eigenvalue weighted by molar-refractivity contribution is 6.30. The van der Waals surface area contributed by atoms with Gasteiger partial charge in [0.05, 0.1) is 11.6 Å². The van der Waals surface area contributed by atoms with Gasteiger partial charge in [-0.2, -0.15) is 0 Å². The Balaban J connectivity index is 2.39. The van der Waals surface area contributed by atoms with Gasteiger partial charge in [0.2, 0.25) is 0 Å². The topological polar surface area (TPSA) is 42.2 Å². The molecule has 0 aliphatic carbocycles. The van der Waals surface area contributed by atoms with E-state index in [-0.39, 0.29) is 22.8 Å². The van der Waals surface area contributed by atoms with E-state index in [9.17, 15) is 13.6 Å². The van der Waals surface area contributed by atoms with E-state index in [0.29, 0.717) is 0 Å². The standard InChI is InChI=1S/C12H8ClF2NO2/c13-8-4-11(12(17)18)16(6-8)5-7-3-9(14)1-2-10(7)15/h1-4,6H,5H2,(H,17,18). The average Bonchev–Trinajstić information content (AvgIpc) is 2.65. The lowest BCUT2D eigenvalue weighted by molar-refractivity contribution is 0.0685. The van der Waals surface area contributed by atoms with Gasteiger partial charge in [0.25, 0.3) is 0 Å². The molecule has 1 aromatic carbocycles. The van der Waals surface area contributed by atoms with E-state index in [1.54, 1.807) is 0 Å². The molecule has 6 heteroatoms. The summed E-state index contributed by atoms with van der Waals surface area (Å²) < 4.78 is 27.7. The van der Waals surface area contributed by atoms with Gasteiger partial charge in [-0.3, -0.25) is 0 Å². The minimum atomic E-state index is -1.18. The van der Waals surface area contributed by atoms with Crippen molar-refractivity contribution >= 4 is 17.6 Å². The first-order valence-electron chi connectivity index (χ1n) is 5.00. The third-order valence-electron chi connectivity index (χ3n) is 2.43. The maximum atomic E-state index is 13.4. The summed E-state index contributed by atoms with van der Waals surface area (Å²) in [4.78, 5) is 10.9. The first-order valence-corrected chi connectivity index (χ1v) is 5.38. The van der Waals surface area contributed by atoms with E-state index in [4.69, 9.17) is 16.7 Å². The van der Waals surface area contributed by atoms with Crippen LogP contribution in [0.1, 0.15) is 16.1 Å². The van der Waals surface area contributed by atoms with Crippen molar-refractivity contribution in [2.75, 3.05) is 0 Å². The zero-order chi connectivity index (χ0) is 13.3. The minimum absolute atomic E-state index is 0.0600. The van der Waals surface area contributed by atoms with E-state index in [1.165, 1.54) is 16.8 Å². The summed E-state index contributed by atoms with van der Waals surface area (Å²) in [7, 11) is 0. The summed E-state index contributed by atoms with van der Waals surface area (Å²) in [6.07, 6.45) is 1.36. The molecule has 0 saturated carbocycles. The molecule has 3 nitrogen and oxygen atoms in total. The SMILES string of the molecule is O=C(O)c1cc(Cl)cn1Cc1cc(F)ccc1F. The van der Waals surface area contributed by atoms with Crippen LogP contribution in [0.2, 0.25) is 5.02 Å². The maximum absolute atomic E-state index is 13.4. The van der Waals surface area contributed by atoms with Crippen LogP contribution in [0.15, 0.2) is 30.5 Å². The molecule has 0 amide bonds. The van der Waals surface area contributed by atoms with Crippen LogP contribution in [0.4, 0.5) is 8.78 Å². The van der Waals surface area contributed by atoms with Crippen LogP contribution in [0, 0.1) is 11.6 Å². The Hall–Kier alpha value is -1.88. The fourth-order valence-electron chi connectivity index (χ4n) is 1.63. The highest BCUT2D eigenvalue weighted by Gasteiger charge is 2.13. The van der Waals surface area contributed by atoms with Crippen molar-refractivity contribution in [1.29, 1.82) is 0 Å². The Labute approximate surface area is 106 Å². The normalized spacial score (nSPS) is 10.6. The number of carbonyl (C=O) groups is 1. The number of halogens is 3. The number of hydrogen-bond donors (Lipinski definition) is 1. The predicted octanol–water partition coefficient (Wildman–Crippen LogP) is 3.17. The second-order valence-corrected chi connectivity index (χ2v) is 4.15. The summed E-state index contributed by atoms with van der Waals surface area (Å²) in [5.74, 6) is -2.36. The molecule has 94 valence electrons. The molecule has 0 aliphatic rings. The van der Waals surface area contributed by atoms with Crippen molar-refractivity contribution in [1.82, 2.24) is 4.57 Å². The number of aromatic carboxylic acids is 1. The van der Waals surface area contributed by atoms with Crippen LogP contribution in [-0.4, -0.2) is 15.6 Å². The first-order chi connectivity index (χ1) is 8.47. The lowest BCUT2D eigenvalue weighted by Crippen LogP contribution is -2.09. The van der Waals surface area contributed by atoms with Crippen LogP contribution in [-0.2, 0) is 6.54 Å². The van der Waals surface area contributed by atoms with E-state index < -0.39 is 17.6 Å². The molecule has 0 fully saturated rings. The number of carboxylic acid groups (broad SMARTS) is 1. The molecule has 2 rings (SSSR count). The number of rotatable bonds is 3. The Kier molecular flexibility index (Phi) is 3.34. The van der Waals surface area contributed by atoms with Gasteiger partial charge < -0.3 is 9.67 Å². The van der Waals surface area contributed by atoms with Gasteiger partial charge in [-0.15, -0.1) is 0 Å². The lowest BCUT2D eigenvalue weighted by atomic mass is 10.2. The van der Waals surface area contributed by atoms with E-state index in [1.807, 2.05) is 0 Å². The van der Waals surface area contributed by atoms with Crippen LogP contribution < -0.4 is 0 Å². The molecule has 0 aliphatic heterocycles. The molecular formula is C12H8ClF2NO2. The molecule has 0 bridgehead atoms. The van der Waals surface area contributed by atoms with Crippen LogP contribution >= 0.6 is 11.6 Å². The van der Waals surface area contributed by atoms with Crippen LogP contribution in [0.3, 0.4) is 0 Å². The summed E-state index contributed by atoms with van der Waals surface area (Å²) in [5, 5.41) is 9.16. The van der Waals surface area contributed by atoms with E-state index in [2.05, 4.69) is 0 Å². The second-order valence-electron chi connectivity index (χ2n) is 3.71. The van der Waals surface area contributed by atoms with Gasteiger partial charge in [-0.25, -0.2) is 13.6 Å². The number of benzene rings is 1. The highest BCUT2D eigenvalue weighted by Crippen LogP contribution is 2.18. The molecular weight excluding hydrogens is 264 g/mol. The average molecular weight is 272 g/mol. The van der Waals surface area contributed by atoms with Gasteiger partial charge in [-0.05, 0) is 24.3 Å². The van der Waals surface area contributed by atoms with Crippen molar-refractivity contribution in [2.45, 2.75) is 6.54 Å². The predicted molar refractivity (Wildman–Crippen MR) is 61.9 cm³/mol. The third-order valence-corrected chi connectivity index (χ3v) is 2.64.